The van der Waals surface area contributed by atoms with Gasteiger partial charge in [-0.1, -0.05) is 48.0 Å². The van der Waals surface area contributed by atoms with E-state index >= 15 is 0 Å². The Kier molecular flexibility index (Phi) is 7.12. The van der Waals surface area contributed by atoms with E-state index in [0.717, 1.165) is 11.1 Å². The van der Waals surface area contributed by atoms with Gasteiger partial charge >= 0.3 is 5.97 Å². The summed E-state index contributed by atoms with van der Waals surface area (Å²) in [5, 5.41) is 2.72. The van der Waals surface area contributed by atoms with Gasteiger partial charge in [0.05, 0.1) is 23.1 Å². The molecule has 0 aliphatic heterocycles. The Morgan fingerprint density at radius 3 is 2.30 bits per heavy atom. The van der Waals surface area contributed by atoms with Gasteiger partial charge < -0.3 is 10.1 Å². The van der Waals surface area contributed by atoms with Gasteiger partial charge in [0.15, 0.2) is 16.4 Å². The summed E-state index contributed by atoms with van der Waals surface area (Å²) in [5.41, 5.74) is 1.88. The zero-order chi connectivity index (χ0) is 19.9. The topological polar surface area (TPSA) is 89.5 Å². The Morgan fingerprint density at radius 2 is 1.67 bits per heavy atom. The molecule has 0 heterocycles. The highest BCUT2D eigenvalue weighted by molar-refractivity contribution is 7.91. The van der Waals surface area contributed by atoms with Crippen LogP contribution in [0.5, 0.6) is 0 Å². The largest absolute Gasteiger partial charge is 0.456 e. The van der Waals surface area contributed by atoms with E-state index < -0.39 is 28.3 Å². The van der Waals surface area contributed by atoms with Gasteiger partial charge in [-0.3, -0.25) is 9.59 Å². The third-order valence-corrected chi connectivity index (χ3v) is 5.73. The summed E-state index contributed by atoms with van der Waals surface area (Å²) in [5.74, 6) is -1.54. The van der Waals surface area contributed by atoms with Crippen LogP contribution in [-0.2, 0) is 24.2 Å². The molecule has 144 valence electrons. The third-order valence-electron chi connectivity index (χ3n) is 4.00. The third kappa shape index (κ3) is 6.53. The summed E-state index contributed by atoms with van der Waals surface area (Å²) in [6.07, 6.45) is -0.308. The number of benzene rings is 2. The number of ether oxygens (including phenoxy) is 1. The molecule has 7 heteroatoms. The minimum Gasteiger partial charge on any atom is -0.456 e. The number of aryl methyl sites for hydroxylation is 1. The van der Waals surface area contributed by atoms with Crippen LogP contribution in [0.2, 0.25) is 0 Å². The van der Waals surface area contributed by atoms with E-state index in [9.17, 15) is 18.0 Å². The second kappa shape index (κ2) is 9.32. The summed E-state index contributed by atoms with van der Waals surface area (Å²) in [7, 11) is -3.57. The first-order valence-electron chi connectivity index (χ1n) is 8.57. The van der Waals surface area contributed by atoms with Crippen molar-refractivity contribution in [2.75, 3.05) is 12.4 Å². The highest BCUT2D eigenvalue weighted by atomic mass is 32.2. The molecule has 1 N–H and O–H groups in total. The maximum absolute atomic E-state index is 12.2. The minimum absolute atomic E-state index is 0.162. The molecule has 0 aliphatic carbocycles. The second-order valence-corrected chi connectivity index (χ2v) is 8.35. The van der Waals surface area contributed by atoms with Crippen molar-refractivity contribution < 1.29 is 22.7 Å². The number of hydrogen-bond acceptors (Lipinski definition) is 5. The van der Waals surface area contributed by atoms with E-state index in [1.165, 1.54) is 12.1 Å². The van der Waals surface area contributed by atoms with E-state index in [4.69, 9.17) is 4.74 Å². The normalized spacial score (nSPS) is 12.2. The number of carbonyl (C=O) groups excluding carboxylic acids is 2. The summed E-state index contributed by atoms with van der Waals surface area (Å²) in [4.78, 5) is 23.8. The first-order chi connectivity index (χ1) is 12.8. The van der Waals surface area contributed by atoms with Crippen LogP contribution in [0.25, 0.3) is 0 Å². The lowest BCUT2D eigenvalue weighted by Crippen LogP contribution is -2.31. The Labute approximate surface area is 159 Å². The lowest BCUT2D eigenvalue weighted by Gasteiger charge is -2.14. The van der Waals surface area contributed by atoms with Crippen LogP contribution >= 0.6 is 0 Å². The van der Waals surface area contributed by atoms with Crippen LogP contribution in [0, 0.1) is 6.92 Å². The van der Waals surface area contributed by atoms with Gasteiger partial charge in [-0.25, -0.2) is 8.42 Å². The number of esters is 1. The maximum atomic E-state index is 12.2. The molecular formula is C20H23NO5S. The molecule has 0 aromatic heterocycles. The van der Waals surface area contributed by atoms with Crippen molar-refractivity contribution in [2.45, 2.75) is 31.2 Å². The Balaban J connectivity index is 1.77. The molecule has 0 fully saturated rings. The lowest BCUT2D eigenvalue weighted by atomic mass is 10.1. The smallest absolute Gasteiger partial charge is 0.307 e. The highest BCUT2D eigenvalue weighted by Crippen LogP contribution is 2.13. The summed E-state index contributed by atoms with van der Waals surface area (Å²) < 4.78 is 29.3. The van der Waals surface area contributed by atoms with E-state index in [0.29, 0.717) is 0 Å². The molecule has 1 atom stereocenters. The molecule has 6 nitrogen and oxygen atoms in total. The van der Waals surface area contributed by atoms with Gasteiger partial charge in [-0.05, 0) is 31.5 Å². The molecule has 0 aliphatic rings. The van der Waals surface area contributed by atoms with Crippen LogP contribution in [0.1, 0.15) is 30.5 Å². The summed E-state index contributed by atoms with van der Waals surface area (Å²) in [6, 6.07) is 15.6. The Morgan fingerprint density at radius 1 is 1.04 bits per heavy atom. The van der Waals surface area contributed by atoms with Crippen molar-refractivity contribution in [3.8, 4) is 0 Å². The fourth-order valence-electron chi connectivity index (χ4n) is 2.41. The predicted octanol–water partition coefficient (Wildman–Crippen LogP) is 2.58. The molecule has 0 saturated heterocycles. The van der Waals surface area contributed by atoms with E-state index in [-0.39, 0.29) is 23.1 Å². The fraction of sp³-hybridized carbons (Fsp3) is 0.300. The predicted molar refractivity (Wildman–Crippen MR) is 102 cm³/mol. The molecule has 0 bridgehead atoms. The first kappa shape index (κ1) is 20.6. The molecule has 2 aromatic rings. The first-order valence-corrected chi connectivity index (χ1v) is 10.2. The van der Waals surface area contributed by atoms with E-state index in [1.54, 1.807) is 12.1 Å². The Hall–Kier alpha value is -2.67. The van der Waals surface area contributed by atoms with Crippen molar-refractivity contribution in [3.05, 3.63) is 65.7 Å². The molecule has 1 amide bonds. The quantitative estimate of drug-likeness (QED) is 0.701. The maximum Gasteiger partial charge on any atom is 0.307 e. The van der Waals surface area contributed by atoms with Crippen molar-refractivity contribution in [3.63, 3.8) is 0 Å². The zero-order valence-corrected chi connectivity index (χ0v) is 16.2. The van der Waals surface area contributed by atoms with Gasteiger partial charge in [-0.2, -0.15) is 0 Å². The van der Waals surface area contributed by atoms with Gasteiger partial charge in [0.25, 0.3) is 5.91 Å². The van der Waals surface area contributed by atoms with Crippen molar-refractivity contribution in [2.24, 2.45) is 0 Å². The van der Waals surface area contributed by atoms with Gasteiger partial charge in [0, 0.05) is 0 Å². The van der Waals surface area contributed by atoms with Crippen LogP contribution < -0.4 is 5.32 Å². The van der Waals surface area contributed by atoms with Crippen LogP contribution in [0.15, 0.2) is 59.5 Å². The average molecular weight is 389 g/mol. The van der Waals surface area contributed by atoms with E-state index in [1.807, 2.05) is 44.2 Å². The minimum atomic E-state index is -3.57. The number of hydrogen-bond donors (Lipinski definition) is 1. The molecule has 0 unspecified atom stereocenters. The summed E-state index contributed by atoms with van der Waals surface area (Å²) in [6.45, 7) is 3.24. The zero-order valence-electron chi connectivity index (χ0n) is 15.3. The van der Waals surface area contributed by atoms with Crippen molar-refractivity contribution >= 4 is 21.7 Å². The monoisotopic (exact) mass is 389 g/mol. The van der Waals surface area contributed by atoms with Crippen LogP contribution in [-0.4, -0.2) is 32.7 Å². The second-order valence-electron chi connectivity index (χ2n) is 6.24. The molecule has 27 heavy (non-hydrogen) atoms. The van der Waals surface area contributed by atoms with Gasteiger partial charge in [0.1, 0.15) is 0 Å². The van der Waals surface area contributed by atoms with Gasteiger partial charge in [-0.15, -0.1) is 0 Å². The number of amides is 1. The van der Waals surface area contributed by atoms with Crippen LogP contribution in [0.3, 0.4) is 0 Å². The number of nitrogens with one attached hydrogen (secondary N) is 1. The SMILES string of the molecule is Cc1ccc(S(=O)(=O)CCC(=O)OCC(=O)N[C@@H](C)c2ccccc2)cc1. The number of carbonyl (C=O) groups is 2. The Bertz CT molecular complexity index is 876. The molecule has 0 radical (unpaired) electrons. The van der Waals surface area contributed by atoms with Crippen molar-refractivity contribution in [1.29, 1.82) is 0 Å². The van der Waals surface area contributed by atoms with Crippen LogP contribution in [0.4, 0.5) is 0 Å². The molecule has 2 aromatic carbocycles. The standard InChI is InChI=1S/C20H23NO5S/c1-15-8-10-18(11-9-15)27(24,25)13-12-20(23)26-14-19(22)21-16(2)17-6-4-3-5-7-17/h3-11,16H,12-14H2,1-2H3,(H,21,22)/t16-/m0/s1. The average Bonchev–Trinajstić information content (AvgIpc) is 2.66. The van der Waals surface area contributed by atoms with E-state index in [2.05, 4.69) is 5.32 Å². The molecule has 2 rings (SSSR count). The molecule has 0 spiro atoms. The summed E-state index contributed by atoms with van der Waals surface area (Å²) >= 11 is 0. The molecular weight excluding hydrogens is 366 g/mol. The van der Waals surface area contributed by atoms with Crippen molar-refractivity contribution in [1.82, 2.24) is 5.32 Å². The van der Waals surface area contributed by atoms with Gasteiger partial charge in [0.2, 0.25) is 0 Å². The number of sulfone groups is 1. The number of rotatable bonds is 8. The fourth-order valence-corrected chi connectivity index (χ4v) is 3.63. The highest BCUT2D eigenvalue weighted by Gasteiger charge is 2.18. The lowest BCUT2D eigenvalue weighted by molar-refractivity contribution is -0.148. The molecule has 0 saturated carbocycles.